The van der Waals surface area contributed by atoms with Crippen LogP contribution in [0.2, 0.25) is 0 Å². The summed E-state index contributed by atoms with van der Waals surface area (Å²) in [5.74, 6) is -0.100. The van der Waals surface area contributed by atoms with Crippen LogP contribution in [0.5, 0.6) is 0 Å². The number of hydrogen-bond donors (Lipinski definition) is 0. The second-order valence-electron chi connectivity index (χ2n) is 4.11. The molecule has 0 saturated carbocycles. The number of thioether (sulfide) groups is 1. The zero-order valence-electron chi connectivity index (χ0n) is 10.4. The van der Waals surface area contributed by atoms with E-state index in [1.807, 2.05) is 48.5 Å². The highest BCUT2D eigenvalue weighted by Gasteiger charge is 2.33. The van der Waals surface area contributed by atoms with Crippen molar-refractivity contribution in [2.24, 2.45) is 0 Å². The van der Waals surface area contributed by atoms with Gasteiger partial charge in [0.2, 0.25) is 0 Å². The van der Waals surface area contributed by atoms with Gasteiger partial charge in [0.1, 0.15) is 0 Å². The van der Waals surface area contributed by atoms with Gasteiger partial charge in [0.05, 0.1) is 16.3 Å². The van der Waals surface area contributed by atoms with E-state index >= 15 is 0 Å². The van der Waals surface area contributed by atoms with Gasteiger partial charge in [-0.25, -0.2) is 0 Å². The lowest BCUT2D eigenvalue weighted by molar-refractivity contribution is -0.113. The highest BCUT2D eigenvalue weighted by molar-refractivity contribution is 8.27. The Labute approximate surface area is 126 Å². The number of thiocarbonyl (C=S) groups is 1. The summed E-state index contributed by atoms with van der Waals surface area (Å²) in [5, 5.41) is 0. The quantitative estimate of drug-likeness (QED) is 0.628. The molecule has 1 aromatic heterocycles. The molecule has 3 nitrogen and oxygen atoms in total. The second kappa shape index (κ2) is 5.56. The molecule has 1 fully saturated rings. The van der Waals surface area contributed by atoms with Crippen molar-refractivity contribution in [1.82, 2.24) is 4.98 Å². The Morgan fingerprint density at radius 3 is 2.55 bits per heavy atom. The Hall–Kier alpha value is -1.98. The highest BCUT2D eigenvalue weighted by Crippen LogP contribution is 2.35. The molecule has 1 aliphatic rings. The summed E-state index contributed by atoms with van der Waals surface area (Å²) < 4.78 is 0.545. The third-order valence-electron chi connectivity index (χ3n) is 2.77. The lowest BCUT2D eigenvalue weighted by Gasteiger charge is -2.13. The number of aromatic nitrogens is 1. The Bertz CT molecular complexity index is 684. The first-order valence-corrected chi connectivity index (χ1v) is 7.22. The number of para-hydroxylation sites is 1. The van der Waals surface area contributed by atoms with Crippen molar-refractivity contribution in [1.29, 1.82) is 0 Å². The standard InChI is InChI=1S/C15H10N2OS2/c18-14-13(10-11-6-4-5-9-16-11)20-15(19)17(14)12-7-2-1-3-8-12/h1-10H/b13-10-. The van der Waals surface area contributed by atoms with E-state index in [9.17, 15) is 4.79 Å². The largest absolute Gasteiger partial charge is 0.270 e. The van der Waals surface area contributed by atoms with E-state index in [0.29, 0.717) is 9.23 Å². The number of anilines is 1. The predicted molar refractivity (Wildman–Crippen MR) is 86.3 cm³/mol. The van der Waals surface area contributed by atoms with Crippen LogP contribution in [-0.2, 0) is 4.79 Å². The Morgan fingerprint density at radius 1 is 1.10 bits per heavy atom. The molecule has 2 heterocycles. The van der Waals surface area contributed by atoms with E-state index in [1.54, 1.807) is 17.2 Å². The van der Waals surface area contributed by atoms with Crippen molar-refractivity contribution in [3.63, 3.8) is 0 Å². The molecule has 5 heteroatoms. The number of carbonyl (C=O) groups excluding carboxylic acids is 1. The fourth-order valence-electron chi connectivity index (χ4n) is 1.86. The molecule has 0 spiro atoms. The van der Waals surface area contributed by atoms with Crippen molar-refractivity contribution in [2.45, 2.75) is 0 Å². The first-order valence-electron chi connectivity index (χ1n) is 6.00. The molecule has 3 rings (SSSR count). The third kappa shape index (κ3) is 2.50. The van der Waals surface area contributed by atoms with Gasteiger partial charge in [-0.2, -0.15) is 0 Å². The van der Waals surface area contributed by atoms with Crippen molar-refractivity contribution < 1.29 is 4.79 Å². The maximum atomic E-state index is 12.4. The van der Waals surface area contributed by atoms with E-state index < -0.39 is 0 Å². The van der Waals surface area contributed by atoms with Gasteiger partial charge in [-0.1, -0.05) is 48.2 Å². The molecule has 1 saturated heterocycles. The summed E-state index contributed by atoms with van der Waals surface area (Å²) >= 11 is 6.60. The molecule has 1 amide bonds. The minimum atomic E-state index is -0.100. The van der Waals surface area contributed by atoms with Crippen LogP contribution in [0, 0.1) is 0 Å². The summed E-state index contributed by atoms with van der Waals surface area (Å²) in [4.78, 5) is 18.8. The van der Waals surface area contributed by atoms with Gasteiger partial charge in [-0.05, 0) is 30.3 Å². The summed E-state index contributed by atoms with van der Waals surface area (Å²) in [6.07, 6.45) is 3.46. The van der Waals surface area contributed by atoms with Crippen LogP contribution in [0.3, 0.4) is 0 Å². The fourth-order valence-corrected chi connectivity index (χ4v) is 3.15. The molecule has 0 aliphatic carbocycles. The summed E-state index contributed by atoms with van der Waals surface area (Å²) in [6, 6.07) is 15.0. The Kier molecular flexibility index (Phi) is 3.62. The molecular formula is C15H10N2OS2. The molecule has 20 heavy (non-hydrogen) atoms. The van der Waals surface area contributed by atoms with Gasteiger partial charge in [0.15, 0.2) is 4.32 Å². The summed E-state index contributed by atoms with van der Waals surface area (Å²) in [7, 11) is 0. The van der Waals surface area contributed by atoms with Crippen molar-refractivity contribution >= 4 is 46.0 Å². The maximum absolute atomic E-state index is 12.4. The number of nitrogens with zero attached hydrogens (tertiary/aromatic N) is 2. The minimum Gasteiger partial charge on any atom is -0.268 e. The molecule has 0 N–H and O–H groups in total. The van der Waals surface area contributed by atoms with E-state index in [4.69, 9.17) is 12.2 Å². The van der Waals surface area contributed by atoms with Gasteiger partial charge in [-0.15, -0.1) is 0 Å². The summed E-state index contributed by atoms with van der Waals surface area (Å²) in [5.41, 5.74) is 1.54. The van der Waals surface area contributed by atoms with E-state index in [2.05, 4.69) is 4.98 Å². The number of carbonyl (C=O) groups is 1. The topological polar surface area (TPSA) is 33.2 Å². The van der Waals surface area contributed by atoms with Crippen LogP contribution in [0.1, 0.15) is 5.69 Å². The van der Waals surface area contributed by atoms with E-state index in [-0.39, 0.29) is 5.91 Å². The smallest absolute Gasteiger partial charge is 0.268 e. The van der Waals surface area contributed by atoms with Gasteiger partial charge >= 0.3 is 0 Å². The van der Waals surface area contributed by atoms with Gasteiger partial charge < -0.3 is 0 Å². The van der Waals surface area contributed by atoms with Gasteiger partial charge in [0.25, 0.3) is 5.91 Å². The van der Waals surface area contributed by atoms with Crippen molar-refractivity contribution in [2.75, 3.05) is 4.90 Å². The number of hydrogen-bond acceptors (Lipinski definition) is 4. The van der Waals surface area contributed by atoms with E-state index in [0.717, 1.165) is 11.4 Å². The molecule has 1 aromatic carbocycles. The van der Waals surface area contributed by atoms with Crippen molar-refractivity contribution in [3.8, 4) is 0 Å². The number of amides is 1. The van der Waals surface area contributed by atoms with Crippen molar-refractivity contribution in [3.05, 3.63) is 65.3 Å². The first kappa shape index (κ1) is 13.0. The predicted octanol–water partition coefficient (Wildman–Crippen LogP) is 3.49. The number of benzene rings is 1. The molecular weight excluding hydrogens is 288 g/mol. The molecule has 0 bridgehead atoms. The summed E-state index contributed by atoms with van der Waals surface area (Å²) in [6.45, 7) is 0. The SMILES string of the molecule is O=C1/C(=C/c2ccccn2)SC(=S)N1c1ccccc1. The third-order valence-corrected chi connectivity index (χ3v) is 4.08. The van der Waals surface area contributed by atoms with Crippen LogP contribution in [0.4, 0.5) is 5.69 Å². The molecule has 98 valence electrons. The zero-order chi connectivity index (χ0) is 13.9. The maximum Gasteiger partial charge on any atom is 0.270 e. The fraction of sp³-hybridized carbons (Fsp3) is 0. The minimum absolute atomic E-state index is 0.100. The molecule has 1 aliphatic heterocycles. The molecule has 0 unspecified atom stereocenters. The highest BCUT2D eigenvalue weighted by atomic mass is 32.2. The Morgan fingerprint density at radius 2 is 1.85 bits per heavy atom. The van der Waals surface area contributed by atoms with Gasteiger partial charge in [0, 0.05) is 6.20 Å². The lowest BCUT2D eigenvalue weighted by atomic mass is 10.2. The second-order valence-corrected chi connectivity index (χ2v) is 5.78. The van der Waals surface area contributed by atoms with Crippen LogP contribution < -0.4 is 4.90 Å². The molecule has 2 aromatic rings. The lowest BCUT2D eigenvalue weighted by Crippen LogP contribution is -2.27. The monoisotopic (exact) mass is 298 g/mol. The van der Waals surface area contributed by atoms with Crippen LogP contribution >= 0.6 is 24.0 Å². The van der Waals surface area contributed by atoms with E-state index in [1.165, 1.54) is 11.8 Å². The van der Waals surface area contributed by atoms with Gasteiger partial charge in [-0.3, -0.25) is 14.7 Å². The van der Waals surface area contributed by atoms with Crippen LogP contribution in [0.25, 0.3) is 6.08 Å². The average molecular weight is 298 g/mol. The first-order chi connectivity index (χ1) is 9.75. The van der Waals surface area contributed by atoms with Crippen LogP contribution in [0.15, 0.2) is 59.6 Å². The Balaban J connectivity index is 1.93. The average Bonchev–Trinajstić information content (AvgIpc) is 2.75. The molecule has 0 radical (unpaired) electrons. The normalized spacial score (nSPS) is 17.0. The number of rotatable bonds is 2. The number of pyridine rings is 1. The molecule has 0 atom stereocenters. The van der Waals surface area contributed by atoms with Crippen LogP contribution in [-0.4, -0.2) is 15.2 Å². The zero-order valence-corrected chi connectivity index (χ0v) is 12.0.